The summed E-state index contributed by atoms with van der Waals surface area (Å²) in [6.45, 7) is 3.63. The van der Waals surface area contributed by atoms with Crippen LogP contribution in [0.1, 0.15) is 57.1 Å². The topological polar surface area (TPSA) is 58.6 Å². The van der Waals surface area contributed by atoms with Crippen LogP contribution in [-0.4, -0.2) is 36.6 Å². The van der Waals surface area contributed by atoms with Gasteiger partial charge in [0, 0.05) is 13.1 Å². The van der Waals surface area contributed by atoms with Crippen LogP contribution < -0.4 is 5.32 Å². The molecule has 2 fully saturated rings. The first-order chi connectivity index (χ1) is 13.1. The lowest BCUT2D eigenvalue weighted by atomic mass is 9.82. The number of esters is 1. The van der Waals surface area contributed by atoms with E-state index in [1.807, 2.05) is 11.8 Å². The summed E-state index contributed by atoms with van der Waals surface area (Å²) >= 11 is 0. The number of amides is 2. The van der Waals surface area contributed by atoms with Crippen LogP contribution in [0, 0.1) is 17.7 Å². The molecule has 1 aromatic rings. The highest BCUT2D eigenvalue weighted by Crippen LogP contribution is 2.32. The zero-order valence-corrected chi connectivity index (χ0v) is 16.0. The molecule has 0 unspecified atom stereocenters. The van der Waals surface area contributed by atoms with Crippen LogP contribution >= 0.6 is 0 Å². The van der Waals surface area contributed by atoms with Crippen LogP contribution in [0.5, 0.6) is 0 Å². The SMILES string of the molecule is CCOC(=O)C1CCC(CNC(=O)N2CCC[C@@H]2c2ccc(F)cc2)CC1. The third kappa shape index (κ3) is 4.99. The first-order valence-corrected chi connectivity index (χ1v) is 10.0. The molecule has 1 aliphatic carbocycles. The number of nitrogens with zero attached hydrogens (tertiary/aromatic N) is 1. The number of halogens is 1. The van der Waals surface area contributed by atoms with E-state index in [-0.39, 0.29) is 29.8 Å². The maximum atomic E-state index is 13.2. The van der Waals surface area contributed by atoms with Gasteiger partial charge in [-0.2, -0.15) is 0 Å². The molecule has 0 aromatic heterocycles. The van der Waals surface area contributed by atoms with Gasteiger partial charge in [-0.15, -0.1) is 0 Å². The molecule has 2 aliphatic rings. The molecule has 1 aromatic carbocycles. The van der Waals surface area contributed by atoms with Gasteiger partial charge in [0.2, 0.25) is 0 Å². The van der Waals surface area contributed by atoms with Gasteiger partial charge in [0.1, 0.15) is 5.82 Å². The van der Waals surface area contributed by atoms with Crippen molar-refractivity contribution in [2.24, 2.45) is 11.8 Å². The lowest BCUT2D eigenvalue weighted by Crippen LogP contribution is -2.42. The first-order valence-electron chi connectivity index (χ1n) is 10.0. The van der Waals surface area contributed by atoms with Gasteiger partial charge >= 0.3 is 12.0 Å². The number of ether oxygens (including phenoxy) is 1. The number of carbonyl (C=O) groups is 2. The van der Waals surface area contributed by atoms with E-state index in [0.717, 1.165) is 50.6 Å². The average Bonchev–Trinajstić information content (AvgIpc) is 3.17. The Labute approximate surface area is 160 Å². The standard InChI is InChI=1S/C21H29FN2O3/c1-2-27-20(25)17-7-5-15(6-8-17)14-23-21(26)24-13-3-4-19(24)16-9-11-18(22)12-10-16/h9-12,15,17,19H,2-8,13-14H2,1H3,(H,23,26)/t15?,17?,19-/m1/s1. The number of hydrogen-bond donors (Lipinski definition) is 1. The second-order valence-electron chi connectivity index (χ2n) is 7.56. The molecule has 148 valence electrons. The molecule has 0 bridgehead atoms. The summed E-state index contributed by atoms with van der Waals surface area (Å²) in [4.78, 5) is 26.3. The number of hydrogen-bond acceptors (Lipinski definition) is 3. The molecule has 0 spiro atoms. The summed E-state index contributed by atoms with van der Waals surface area (Å²) in [6.07, 6.45) is 5.41. The number of rotatable bonds is 5. The van der Waals surface area contributed by atoms with E-state index in [4.69, 9.17) is 4.74 Å². The largest absolute Gasteiger partial charge is 0.466 e. The van der Waals surface area contributed by atoms with Crippen molar-refractivity contribution >= 4 is 12.0 Å². The van der Waals surface area contributed by atoms with Gasteiger partial charge in [0.05, 0.1) is 18.6 Å². The van der Waals surface area contributed by atoms with Gasteiger partial charge in [-0.05, 0) is 69.1 Å². The smallest absolute Gasteiger partial charge is 0.317 e. The number of benzene rings is 1. The van der Waals surface area contributed by atoms with E-state index in [1.54, 1.807) is 12.1 Å². The van der Waals surface area contributed by atoms with Crippen molar-refractivity contribution in [2.75, 3.05) is 19.7 Å². The predicted molar refractivity (Wildman–Crippen MR) is 101 cm³/mol. The summed E-state index contributed by atoms with van der Waals surface area (Å²) < 4.78 is 18.3. The molecule has 3 rings (SSSR count). The van der Waals surface area contributed by atoms with Crippen LogP contribution in [0.3, 0.4) is 0 Å². The molecular weight excluding hydrogens is 347 g/mol. The monoisotopic (exact) mass is 376 g/mol. The molecule has 1 saturated carbocycles. The minimum Gasteiger partial charge on any atom is -0.466 e. The van der Waals surface area contributed by atoms with Crippen LogP contribution in [0.2, 0.25) is 0 Å². The van der Waals surface area contributed by atoms with Crippen LogP contribution in [0.25, 0.3) is 0 Å². The summed E-state index contributed by atoms with van der Waals surface area (Å²) in [6, 6.07) is 6.40. The fourth-order valence-electron chi connectivity index (χ4n) is 4.24. The highest BCUT2D eigenvalue weighted by Gasteiger charge is 2.31. The Morgan fingerprint density at radius 2 is 1.85 bits per heavy atom. The van der Waals surface area contributed by atoms with E-state index in [9.17, 15) is 14.0 Å². The lowest BCUT2D eigenvalue weighted by molar-refractivity contribution is -0.149. The average molecular weight is 376 g/mol. The summed E-state index contributed by atoms with van der Waals surface area (Å²) in [5.74, 6) is 0.0789. The summed E-state index contributed by atoms with van der Waals surface area (Å²) in [7, 11) is 0. The van der Waals surface area contributed by atoms with Crippen molar-refractivity contribution in [3.8, 4) is 0 Å². The Kier molecular flexibility index (Phi) is 6.69. The molecule has 27 heavy (non-hydrogen) atoms. The van der Waals surface area contributed by atoms with E-state index >= 15 is 0 Å². The second kappa shape index (κ2) is 9.20. The fraction of sp³-hybridized carbons (Fsp3) is 0.619. The van der Waals surface area contributed by atoms with Crippen molar-refractivity contribution in [3.63, 3.8) is 0 Å². The van der Waals surface area contributed by atoms with E-state index < -0.39 is 0 Å². The van der Waals surface area contributed by atoms with Gasteiger partial charge in [0.15, 0.2) is 0 Å². The summed E-state index contributed by atoms with van der Waals surface area (Å²) in [5.41, 5.74) is 0.985. The van der Waals surface area contributed by atoms with Crippen LogP contribution in [0.4, 0.5) is 9.18 Å². The van der Waals surface area contributed by atoms with E-state index in [1.165, 1.54) is 12.1 Å². The molecule has 0 radical (unpaired) electrons. The van der Waals surface area contributed by atoms with Crippen molar-refractivity contribution < 1.29 is 18.7 Å². The summed E-state index contributed by atoms with van der Waals surface area (Å²) in [5, 5.41) is 3.07. The fourth-order valence-corrected chi connectivity index (χ4v) is 4.24. The Bertz CT molecular complexity index is 641. The number of nitrogens with one attached hydrogen (secondary N) is 1. The molecule has 5 nitrogen and oxygen atoms in total. The predicted octanol–water partition coefficient (Wildman–Crippen LogP) is 4.04. The molecule has 1 heterocycles. The van der Waals surface area contributed by atoms with Gasteiger partial charge in [-0.3, -0.25) is 4.79 Å². The normalized spacial score (nSPS) is 25.3. The zero-order valence-electron chi connectivity index (χ0n) is 16.0. The first kappa shape index (κ1) is 19.6. The van der Waals surface area contributed by atoms with E-state index in [0.29, 0.717) is 19.1 Å². The lowest BCUT2D eigenvalue weighted by Gasteiger charge is -2.29. The van der Waals surface area contributed by atoms with Gasteiger partial charge in [0.25, 0.3) is 0 Å². The van der Waals surface area contributed by atoms with Gasteiger partial charge < -0.3 is 15.0 Å². The van der Waals surface area contributed by atoms with Crippen LogP contribution in [0.15, 0.2) is 24.3 Å². The number of likely N-dealkylation sites (tertiary alicyclic amines) is 1. The second-order valence-corrected chi connectivity index (χ2v) is 7.56. The molecule has 1 atom stereocenters. The molecule has 1 saturated heterocycles. The molecular formula is C21H29FN2O3. The molecule has 6 heteroatoms. The highest BCUT2D eigenvalue weighted by molar-refractivity contribution is 5.75. The quantitative estimate of drug-likeness (QED) is 0.789. The maximum Gasteiger partial charge on any atom is 0.317 e. The zero-order chi connectivity index (χ0) is 19.2. The molecule has 2 amide bonds. The third-order valence-corrected chi connectivity index (χ3v) is 5.78. The van der Waals surface area contributed by atoms with Crippen molar-refractivity contribution in [1.82, 2.24) is 10.2 Å². The Hall–Kier alpha value is -2.11. The van der Waals surface area contributed by atoms with Gasteiger partial charge in [-0.25, -0.2) is 9.18 Å². The molecule has 1 N–H and O–H groups in total. The van der Waals surface area contributed by atoms with Crippen LogP contribution in [-0.2, 0) is 9.53 Å². The van der Waals surface area contributed by atoms with Crippen molar-refractivity contribution in [2.45, 2.75) is 51.5 Å². The van der Waals surface area contributed by atoms with Gasteiger partial charge in [-0.1, -0.05) is 12.1 Å². The Morgan fingerprint density at radius 3 is 2.52 bits per heavy atom. The number of carbonyl (C=O) groups excluding carboxylic acids is 2. The van der Waals surface area contributed by atoms with Crippen molar-refractivity contribution in [1.29, 1.82) is 0 Å². The highest BCUT2D eigenvalue weighted by atomic mass is 19.1. The maximum absolute atomic E-state index is 13.2. The molecule has 1 aliphatic heterocycles. The third-order valence-electron chi connectivity index (χ3n) is 5.78. The number of urea groups is 1. The Morgan fingerprint density at radius 1 is 1.15 bits per heavy atom. The van der Waals surface area contributed by atoms with Crippen molar-refractivity contribution in [3.05, 3.63) is 35.6 Å². The minimum atomic E-state index is -0.258. The minimum absolute atomic E-state index is 0.0124. The Balaban J connectivity index is 1.46. The van der Waals surface area contributed by atoms with E-state index in [2.05, 4.69) is 5.32 Å².